The average Bonchev–Trinajstić information content (AvgIpc) is 2.85. The highest BCUT2D eigenvalue weighted by Crippen LogP contribution is 2.48. The number of ether oxygens (including phenoxy) is 4. The maximum Gasteiger partial charge on any atom is 0.0827 e. The summed E-state index contributed by atoms with van der Waals surface area (Å²) in [5, 5.41) is 22.0. The van der Waals surface area contributed by atoms with E-state index in [9.17, 15) is 10.2 Å². The van der Waals surface area contributed by atoms with E-state index in [1.54, 1.807) is 0 Å². The number of aliphatic hydroxyl groups is 2. The van der Waals surface area contributed by atoms with Gasteiger partial charge < -0.3 is 29.2 Å². The van der Waals surface area contributed by atoms with Crippen molar-refractivity contribution in [1.29, 1.82) is 0 Å². The van der Waals surface area contributed by atoms with Crippen LogP contribution in [0.5, 0.6) is 0 Å². The molecule has 278 valence electrons. The number of hydrogen-bond acceptors (Lipinski definition) is 6. The molecule has 0 bridgehead atoms. The smallest absolute Gasteiger partial charge is 0.0827 e. The third-order valence-electron chi connectivity index (χ3n) is 11.7. The van der Waals surface area contributed by atoms with Gasteiger partial charge in [0.2, 0.25) is 0 Å². The molecule has 6 nitrogen and oxygen atoms in total. The maximum absolute atomic E-state index is 11.1. The van der Waals surface area contributed by atoms with Gasteiger partial charge in [-0.3, -0.25) is 0 Å². The SMILES string of the molecule is CC(COC(C)(C)C)CC(C)(C)C(C)(C)OCC(CC(C)(C)CC(O)COC(C)C)C(C)(C)C(C)(C)OCC(O)C(C)(C)C(C)C. The molecule has 0 spiro atoms. The molecule has 0 aromatic carbocycles. The first kappa shape index (κ1) is 45.8. The van der Waals surface area contributed by atoms with Crippen LogP contribution in [0, 0.1) is 39.4 Å². The van der Waals surface area contributed by atoms with Crippen molar-refractivity contribution in [3.05, 3.63) is 0 Å². The Balaban J connectivity index is 6.20. The topological polar surface area (TPSA) is 77.4 Å². The van der Waals surface area contributed by atoms with Crippen LogP contribution < -0.4 is 0 Å². The fourth-order valence-electron chi connectivity index (χ4n) is 5.91. The van der Waals surface area contributed by atoms with Crippen LogP contribution in [0.4, 0.5) is 0 Å². The second-order valence-corrected chi connectivity index (χ2v) is 19.8. The lowest BCUT2D eigenvalue weighted by Gasteiger charge is -2.51. The van der Waals surface area contributed by atoms with E-state index in [2.05, 4.69) is 125 Å². The molecule has 0 saturated heterocycles. The minimum atomic E-state index is -0.575. The first-order valence-corrected chi connectivity index (χ1v) is 18.2. The van der Waals surface area contributed by atoms with E-state index in [1.165, 1.54) is 0 Å². The summed E-state index contributed by atoms with van der Waals surface area (Å²) in [6, 6.07) is 0. The molecule has 4 unspecified atom stereocenters. The molecular weight excluding hydrogens is 576 g/mol. The minimum Gasteiger partial charge on any atom is -0.391 e. The monoisotopic (exact) mass is 659 g/mol. The summed E-state index contributed by atoms with van der Waals surface area (Å²) in [6.45, 7) is 45.4. The predicted octanol–water partition coefficient (Wildman–Crippen LogP) is 9.72. The van der Waals surface area contributed by atoms with Gasteiger partial charge in [-0.25, -0.2) is 0 Å². The lowest BCUT2D eigenvalue weighted by Crippen LogP contribution is -2.52. The number of rotatable bonds is 22. The van der Waals surface area contributed by atoms with Crippen molar-refractivity contribution in [2.75, 3.05) is 26.4 Å². The minimum absolute atomic E-state index is 0.0835. The normalized spacial score (nSPS) is 17.5. The molecule has 0 rings (SSSR count). The van der Waals surface area contributed by atoms with Gasteiger partial charge in [0.1, 0.15) is 0 Å². The molecule has 46 heavy (non-hydrogen) atoms. The number of aliphatic hydroxyl groups excluding tert-OH is 2. The van der Waals surface area contributed by atoms with Crippen molar-refractivity contribution < 1.29 is 29.2 Å². The lowest BCUT2D eigenvalue weighted by molar-refractivity contribution is -0.184. The second-order valence-electron chi connectivity index (χ2n) is 19.8. The Hall–Kier alpha value is -0.240. The zero-order valence-electron chi connectivity index (χ0n) is 34.4. The van der Waals surface area contributed by atoms with Crippen molar-refractivity contribution >= 4 is 0 Å². The Morgan fingerprint density at radius 1 is 0.543 bits per heavy atom. The third-order valence-corrected chi connectivity index (χ3v) is 11.7. The van der Waals surface area contributed by atoms with Crippen LogP contribution in [0.3, 0.4) is 0 Å². The Labute approximate surface area is 287 Å². The average molecular weight is 659 g/mol. The van der Waals surface area contributed by atoms with Gasteiger partial charge in [-0.15, -0.1) is 0 Å². The quantitative estimate of drug-likeness (QED) is 0.121. The van der Waals surface area contributed by atoms with Crippen molar-refractivity contribution in [2.24, 2.45) is 39.4 Å². The fraction of sp³-hybridized carbons (Fsp3) is 1.00. The first-order valence-electron chi connectivity index (χ1n) is 18.2. The summed E-state index contributed by atoms with van der Waals surface area (Å²) in [7, 11) is 0. The van der Waals surface area contributed by atoms with Crippen molar-refractivity contribution in [3.63, 3.8) is 0 Å². The van der Waals surface area contributed by atoms with Crippen molar-refractivity contribution in [3.8, 4) is 0 Å². The molecule has 2 N–H and O–H groups in total. The molecule has 0 heterocycles. The highest BCUT2D eigenvalue weighted by Gasteiger charge is 2.48. The molecule has 0 aromatic rings. The first-order chi connectivity index (χ1) is 20.3. The van der Waals surface area contributed by atoms with Gasteiger partial charge in [0.05, 0.1) is 54.9 Å². The summed E-state index contributed by atoms with van der Waals surface area (Å²) in [6.07, 6.45) is 1.43. The molecule has 6 heteroatoms. The molecular formula is C40H82O6. The molecule has 0 saturated carbocycles. The Bertz CT molecular complexity index is 861. The van der Waals surface area contributed by atoms with Crippen LogP contribution in [0.15, 0.2) is 0 Å². The van der Waals surface area contributed by atoms with Crippen LogP contribution in [-0.4, -0.2) is 71.8 Å². The Kier molecular flexibility index (Phi) is 17.0. The summed E-state index contributed by atoms with van der Waals surface area (Å²) in [5.41, 5.74) is -1.94. The second kappa shape index (κ2) is 17.1. The van der Waals surface area contributed by atoms with Gasteiger partial charge >= 0.3 is 0 Å². The van der Waals surface area contributed by atoms with Gasteiger partial charge in [0.15, 0.2) is 0 Å². The van der Waals surface area contributed by atoms with Gasteiger partial charge in [0, 0.05) is 6.61 Å². The zero-order chi connectivity index (χ0) is 36.7. The van der Waals surface area contributed by atoms with Crippen LogP contribution in [-0.2, 0) is 18.9 Å². The van der Waals surface area contributed by atoms with E-state index in [0.29, 0.717) is 31.5 Å². The standard InChI is InChI=1S/C40H82O6/c1-28(2)37(13,14)33(42)27-46-40(19,20)38(15,16)31(22-35(9,10)23-32(41)26-43-29(3)4)25-45-39(17,18)36(11,12)21-30(5)24-44-34(6,7)8/h28-33,41-42H,21-27H2,1-20H3. The van der Waals surface area contributed by atoms with Gasteiger partial charge in [0.25, 0.3) is 0 Å². The lowest BCUT2D eigenvalue weighted by atomic mass is 9.62. The van der Waals surface area contributed by atoms with E-state index >= 15 is 0 Å². The van der Waals surface area contributed by atoms with Crippen molar-refractivity contribution in [2.45, 2.75) is 193 Å². The highest BCUT2D eigenvalue weighted by atomic mass is 16.5. The van der Waals surface area contributed by atoms with Gasteiger partial charge in [-0.2, -0.15) is 0 Å². The molecule has 0 aliphatic heterocycles. The summed E-state index contributed by atoms with van der Waals surface area (Å²) in [4.78, 5) is 0. The largest absolute Gasteiger partial charge is 0.391 e. The molecule has 4 atom stereocenters. The van der Waals surface area contributed by atoms with E-state index in [1.807, 2.05) is 13.8 Å². The Morgan fingerprint density at radius 3 is 1.50 bits per heavy atom. The molecule has 0 aliphatic carbocycles. The summed E-state index contributed by atoms with van der Waals surface area (Å²) >= 11 is 0. The molecule has 0 amide bonds. The van der Waals surface area contributed by atoms with E-state index in [4.69, 9.17) is 18.9 Å². The summed E-state index contributed by atoms with van der Waals surface area (Å²) < 4.78 is 25.5. The summed E-state index contributed by atoms with van der Waals surface area (Å²) in [5.74, 6) is 0.831. The van der Waals surface area contributed by atoms with Gasteiger partial charge in [-0.05, 0) is 121 Å². The van der Waals surface area contributed by atoms with E-state index < -0.39 is 23.4 Å². The fourth-order valence-corrected chi connectivity index (χ4v) is 5.91. The Morgan fingerprint density at radius 2 is 1.04 bits per heavy atom. The third kappa shape index (κ3) is 14.7. The molecule has 0 radical (unpaired) electrons. The van der Waals surface area contributed by atoms with Crippen LogP contribution >= 0.6 is 0 Å². The predicted molar refractivity (Wildman–Crippen MR) is 195 cm³/mol. The zero-order valence-corrected chi connectivity index (χ0v) is 34.4. The van der Waals surface area contributed by atoms with Crippen LogP contribution in [0.25, 0.3) is 0 Å². The molecule has 0 fully saturated rings. The van der Waals surface area contributed by atoms with Crippen LogP contribution in [0.1, 0.15) is 158 Å². The highest BCUT2D eigenvalue weighted by molar-refractivity contribution is 4.97. The van der Waals surface area contributed by atoms with Crippen LogP contribution in [0.2, 0.25) is 0 Å². The van der Waals surface area contributed by atoms with Crippen molar-refractivity contribution in [1.82, 2.24) is 0 Å². The van der Waals surface area contributed by atoms with E-state index in [-0.39, 0.29) is 45.9 Å². The van der Waals surface area contributed by atoms with Gasteiger partial charge in [-0.1, -0.05) is 76.2 Å². The molecule has 0 aromatic heterocycles. The maximum atomic E-state index is 11.1. The number of hydrogen-bond donors (Lipinski definition) is 2. The van der Waals surface area contributed by atoms with E-state index in [0.717, 1.165) is 19.4 Å². The molecule has 0 aliphatic rings.